The van der Waals surface area contributed by atoms with Gasteiger partial charge >= 0.3 is 0 Å². The minimum absolute atomic E-state index is 1.08. The molecule has 1 aliphatic heterocycles. The molecule has 2 heteroatoms. The van der Waals surface area contributed by atoms with E-state index >= 15 is 0 Å². The highest BCUT2D eigenvalue weighted by atomic mass is 32.2. The first kappa shape index (κ1) is 6.10. The fraction of sp³-hybridized carbons (Fsp3) is 0.250. The van der Waals surface area contributed by atoms with Crippen LogP contribution in [0.25, 0.3) is 0 Å². The van der Waals surface area contributed by atoms with E-state index in [1.54, 1.807) is 0 Å². The quantitative estimate of drug-likeness (QED) is 0.556. The van der Waals surface area contributed by atoms with Crippen LogP contribution in [-0.4, -0.2) is 12.9 Å². The Balaban J connectivity index is 2.51. The molecule has 0 aliphatic carbocycles. The van der Waals surface area contributed by atoms with Crippen LogP contribution in [0.2, 0.25) is 0 Å². The van der Waals surface area contributed by atoms with Crippen LogP contribution < -0.4 is 4.90 Å². The standard InChI is InChI=1S/C8H8NS/c1-9-6-10-8-5-3-2-4-7(8)9/h2,4-5H,6H2,1H3. The number of benzene rings is 1. The van der Waals surface area contributed by atoms with Gasteiger partial charge in [0.25, 0.3) is 0 Å². The molecule has 0 spiro atoms. The summed E-state index contributed by atoms with van der Waals surface area (Å²) < 4.78 is 0. The molecule has 1 radical (unpaired) electrons. The van der Waals surface area contributed by atoms with E-state index in [1.165, 1.54) is 10.6 Å². The molecule has 10 heavy (non-hydrogen) atoms. The van der Waals surface area contributed by atoms with Crippen LogP contribution in [0.4, 0.5) is 5.69 Å². The summed E-state index contributed by atoms with van der Waals surface area (Å²) in [5.74, 6) is 1.08. The van der Waals surface area contributed by atoms with Crippen LogP contribution in [0.3, 0.4) is 0 Å². The first-order chi connectivity index (χ1) is 4.88. The summed E-state index contributed by atoms with van der Waals surface area (Å²) >= 11 is 1.87. The van der Waals surface area contributed by atoms with Crippen molar-refractivity contribution < 1.29 is 0 Å². The predicted molar refractivity (Wildman–Crippen MR) is 44.4 cm³/mol. The van der Waals surface area contributed by atoms with Crippen molar-refractivity contribution in [1.82, 2.24) is 0 Å². The van der Waals surface area contributed by atoms with Gasteiger partial charge in [0, 0.05) is 11.9 Å². The lowest BCUT2D eigenvalue weighted by atomic mass is 10.3. The molecular weight excluding hydrogens is 142 g/mol. The molecular formula is C8H8NS. The third kappa shape index (κ3) is 0.797. The number of nitrogens with zero attached hydrogens (tertiary/aromatic N) is 1. The number of hydrogen-bond donors (Lipinski definition) is 0. The van der Waals surface area contributed by atoms with Crippen LogP contribution in [-0.2, 0) is 0 Å². The van der Waals surface area contributed by atoms with E-state index in [0.717, 1.165) is 5.88 Å². The van der Waals surface area contributed by atoms with Crippen LogP contribution in [0.5, 0.6) is 0 Å². The molecule has 0 unspecified atom stereocenters. The summed E-state index contributed by atoms with van der Waals surface area (Å²) in [6, 6.07) is 9.18. The Morgan fingerprint density at radius 2 is 2.60 bits per heavy atom. The van der Waals surface area contributed by atoms with Crippen LogP contribution in [0.1, 0.15) is 0 Å². The van der Waals surface area contributed by atoms with Gasteiger partial charge < -0.3 is 4.90 Å². The molecule has 0 saturated heterocycles. The van der Waals surface area contributed by atoms with Crippen molar-refractivity contribution in [2.45, 2.75) is 4.90 Å². The fourth-order valence-corrected chi connectivity index (χ4v) is 2.07. The normalized spacial score (nSPS) is 15.5. The SMILES string of the molecule is CN1CSc2c[c]ccc21. The lowest BCUT2D eigenvalue weighted by Gasteiger charge is -2.08. The molecule has 0 saturated carbocycles. The second kappa shape index (κ2) is 2.20. The van der Waals surface area contributed by atoms with Gasteiger partial charge in [-0.25, -0.2) is 0 Å². The maximum atomic E-state index is 3.07. The lowest BCUT2D eigenvalue weighted by Crippen LogP contribution is -2.10. The highest BCUT2D eigenvalue weighted by Crippen LogP contribution is 2.36. The van der Waals surface area contributed by atoms with E-state index < -0.39 is 0 Å². The Hall–Kier alpha value is -0.630. The molecule has 0 fully saturated rings. The minimum Gasteiger partial charge on any atom is -0.364 e. The van der Waals surface area contributed by atoms with Crippen molar-refractivity contribution in [1.29, 1.82) is 0 Å². The number of thioether (sulfide) groups is 1. The van der Waals surface area contributed by atoms with Crippen LogP contribution >= 0.6 is 11.8 Å². The van der Waals surface area contributed by atoms with Gasteiger partial charge in [0.2, 0.25) is 0 Å². The summed E-state index contributed by atoms with van der Waals surface area (Å²) in [5, 5.41) is 0. The number of fused-ring (bicyclic) bond motifs is 1. The topological polar surface area (TPSA) is 3.24 Å². The maximum Gasteiger partial charge on any atom is 0.0683 e. The average Bonchev–Trinajstić information content (AvgIpc) is 2.34. The van der Waals surface area contributed by atoms with Gasteiger partial charge in [0.05, 0.1) is 11.6 Å². The zero-order valence-electron chi connectivity index (χ0n) is 5.79. The monoisotopic (exact) mass is 150 g/mol. The van der Waals surface area contributed by atoms with Gasteiger partial charge in [-0.15, -0.1) is 11.8 Å². The minimum atomic E-state index is 1.08. The van der Waals surface area contributed by atoms with Crippen molar-refractivity contribution in [2.24, 2.45) is 0 Å². The summed E-state index contributed by atoms with van der Waals surface area (Å²) in [5.41, 5.74) is 1.34. The van der Waals surface area contributed by atoms with Crippen LogP contribution in [0, 0.1) is 6.07 Å². The van der Waals surface area contributed by atoms with Gasteiger partial charge in [-0.2, -0.15) is 0 Å². The smallest absolute Gasteiger partial charge is 0.0683 e. The molecule has 0 atom stereocenters. The van der Waals surface area contributed by atoms with Crippen LogP contribution in [0.15, 0.2) is 23.1 Å². The zero-order chi connectivity index (χ0) is 6.97. The van der Waals surface area contributed by atoms with Crippen molar-refractivity contribution in [3.63, 3.8) is 0 Å². The third-order valence-corrected chi connectivity index (χ3v) is 2.78. The summed E-state index contributed by atoms with van der Waals surface area (Å²) in [4.78, 5) is 3.60. The molecule has 1 nitrogen and oxygen atoms in total. The molecule has 51 valence electrons. The van der Waals surface area contributed by atoms with E-state index in [4.69, 9.17) is 0 Å². The summed E-state index contributed by atoms with van der Waals surface area (Å²) in [7, 11) is 2.11. The van der Waals surface area contributed by atoms with Crippen molar-refractivity contribution >= 4 is 17.4 Å². The van der Waals surface area contributed by atoms with Gasteiger partial charge in [-0.3, -0.25) is 0 Å². The fourth-order valence-electron chi connectivity index (χ4n) is 1.07. The Morgan fingerprint density at radius 3 is 3.40 bits per heavy atom. The molecule has 0 aromatic heterocycles. The summed E-state index contributed by atoms with van der Waals surface area (Å²) in [6.07, 6.45) is 0. The Labute approximate surface area is 65.0 Å². The van der Waals surface area contributed by atoms with Crippen molar-refractivity contribution in [3.05, 3.63) is 24.3 Å². The van der Waals surface area contributed by atoms with Gasteiger partial charge in [0.1, 0.15) is 0 Å². The molecule has 1 aliphatic rings. The van der Waals surface area contributed by atoms with Gasteiger partial charge in [-0.1, -0.05) is 6.07 Å². The zero-order valence-corrected chi connectivity index (χ0v) is 6.61. The first-order valence-electron chi connectivity index (χ1n) is 3.22. The van der Waals surface area contributed by atoms with Gasteiger partial charge in [-0.05, 0) is 18.2 Å². The number of rotatable bonds is 0. The number of anilines is 1. The maximum absolute atomic E-state index is 3.07. The van der Waals surface area contributed by atoms with E-state index in [0.29, 0.717) is 0 Å². The second-order valence-corrected chi connectivity index (χ2v) is 3.35. The molecule has 0 N–H and O–H groups in total. The number of hydrogen-bond acceptors (Lipinski definition) is 2. The molecule has 0 bridgehead atoms. The third-order valence-electron chi connectivity index (χ3n) is 1.63. The Morgan fingerprint density at radius 1 is 1.70 bits per heavy atom. The molecule has 1 heterocycles. The van der Waals surface area contributed by atoms with Gasteiger partial charge in [0.15, 0.2) is 0 Å². The highest BCUT2D eigenvalue weighted by Gasteiger charge is 2.13. The highest BCUT2D eigenvalue weighted by molar-refractivity contribution is 7.99. The average molecular weight is 150 g/mol. The molecule has 0 amide bonds. The molecule has 1 aromatic rings. The van der Waals surface area contributed by atoms with E-state index in [2.05, 4.69) is 24.1 Å². The van der Waals surface area contributed by atoms with E-state index in [9.17, 15) is 0 Å². The Kier molecular flexibility index (Phi) is 1.34. The Bertz CT molecular complexity index is 247. The first-order valence-corrected chi connectivity index (χ1v) is 4.20. The molecule has 1 aromatic carbocycles. The second-order valence-electron chi connectivity index (χ2n) is 2.37. The molecule has 2 rings (SSSR count). The van der Waals surface area contributed by atoms with Crippen molar-refractivity contribution in [2.75, 3.05) is 17.8 Å². The van der Waals surface area contributed by atoms with E-state index in [1.807, 2.05) is 23.9 Å². The van der Waals surface area contributed by atoms with Crippen molar-refractivity contribution in [3.8, 4) is 0 Å². The summed E-state index contributed by atoms with van der Waals surface area (Å²) in [6.45, 7) is 0. The van der Waals surface area contributed by atoms with E-state index in [-0.39, 0.29) is 0 Å². The largest absolute Gasteiger partial charge is 0.364 e. The predicted octanol–water partition coefficient (Wildman–Crippen LogP) is 1.99. The lowest BCUT2D eigenvalue weighted by molar-refractivity contribution is 1.10.